The Bertz CT molecular complexity index is 365. The molecule has 0 saturated heterocycles. The zero-order valence-corrected chi connectivity index (χ0v) is 11.8. The summed E-state index contributed by atoms with van der Waals surface area (Å²) >= 11 is 7.47. The molecule has 0 saturated carbocycles. The van der Waals surface area contributed by atoms with Crippen LogP contribution in [0.1, 0.15) is 29.2 Å². The van der Waals surface area contributed by atoms with Gasteiger partial charge in [0.2, 0.25) is 5.91 Å². The van der Waals surface area contributed by atoms with Gasteiger partial charge in [-0.3, -0.25) is 4.79 Å². The molecule has 0 aliphatic rings. The summed E-state index contributed by atoms with van der Waals surface area (Å²) in [5.41, 5.74) is 0.786. The van der Waals surface area contributed by atoms with Crippen LogP contribution in [0.2, 0.25) is 0 Å². The molecule has 1 aromatic heterocycles. The Kier molecular flexibility index (Phi) is 4.39. The lowest BCUT2D eigenvalue weighted by molar-refractivity contribution is -0.128. The Morgan fingerprint density at radius 1 is 1.50 bits per heavy atom. The van der Waals surface area contributed by atoms with Crippen molar-refractivity contribution in [3.63, 3.8) is 0 Å². The van der Waals surface area contributed by atoms with Crippen LogP contribution < -0.4 is 5.32 Å². The average Bonchev–Trinajstić information content (AvgIpc) is 2.55. The molecule has 0 aliphatic carbocycles. The molecule has 1 N–H and O–H groups in total. The van der Waals surface area contributed by atoms with E-state index in [-0.39, 0.29) is 5.91 Å². The monoisotopic (exact) mass is 259 g/mol. The highest BCUT2D eigenvalue weighted by atomic mass is 35.5. The lowest BCUT2D eigenvalue weighted by atomic mass is 9.95. The minimum absolute atomic E-state index is 0.00575. The SMILES string of the molecule is Cc1cc(CNC(=O)C(C)(C)CCl)sc1C. The van der Waals surface area contributed by atoms with Gasteiger partial charge in [-0.25, -0.2) is 0 Å². The maximum atomic E-state index is 11.8. The highest BCUT2D eigenvalue weighted by molar-refractivity contribution is 7.12. The Balaban J connectivity index is 2.55. The van der Waals surface area contributed by atoms with Crippen molar-refractivity contribution in [1.82, 2.24) is 5.32 Å². The molecule has 0 aliphatic heterocycles. The predicted octanol–water partition coefficient (Wildman–Crippen LogP) is 3.25. The summed E-state index contributed by atoms with van der Waals surface area (Å²) < 4.78 is 0. The van der Waals surface area contributed by atoms with E-state index in [1.807, 2.05) is 13.8 Å². The second kappa shape index (κ2) is 5.19. The summed E-state index contributed by atoms with van der Waals surface area (Å²) in [6.07, 6.45) is 0. The van der Waals surface area contributed by atoms with Gasteiger partial charge in [-0.1, -0.05) is 0 Å². The smallest absolute Gasteiger partial charge is 0.227 e. The van der Waals surface area contributed by atoms with E-state index in [0.29, 0.717) is 12.4 Å². The number of halogens is 1. The molecule has 0 bridgehead atoms. The molecule has 0 atom stereocenters. The second-order valence-corrected chi connectivity index (χ2v) is 6.26. The number of hydrogen-bond acceptors (Lipinski definition) is 2. The fraction of sp³-hybridized carbons (Fsp3) is 0.583. The predicted molar refractivity (Wildman–Crippen MR) is 70.1 cm³/mol. The lowest BCUT2D eigenvalue weighted by Gasteiger charge is -2.19. The average molecular weight is 260 g/mol. The van der Waals surface area contributed by atoms with Crippen LogP contribution in [0.25, 0.3) is 0 Å². The van der Waals surface area contributed by atoms with E-state index in [1.165, 1.54) is 15.3 Å². The van der Waals surface area contributed by atoms with Crippen LogP contribution in [-0.4, -0.2) is 11.8 Å². The Morgan fingerprint density at radius 3 is 2.56 bits per heavy atom. The van der Waals surface area contributed by atoms with Gasteiger partial charge in [-0.15, -0.1) is 22.9 Å². The topological polar surface area (TPSA) is 29.1 Å². The van der Waals surface area contributed by atoms with Crippen LogP contribution in [0.3, 0.4) is 0 Å². The summed E-state index contributed by atoms with van der Waals surface area (Å²) in [4.78, 5) is 14.3. The quantitative estimate of drug-likeness (QED) is 0.827. The van der Waals surface area contributed by atoms with Crippen LogP contribution in [-0.2, 0) is 11.3 Å². The van der Waals surface area contributed by atoms with Gasteiger partial charge >= 0.3 is 0 Å². The summed E-state index contributed by atoms with van der Waals surface area (Å²) in [6, 6.07) is 2.12. The van der Waals surface area contributed by atoms with Crippen molar-refractivity contribution in [3.8, 4) is 0 Å². The zero-order valence-electron chi connectivity index (χ0n) is 10.2. The van der Waals surface area contributed by atoms with Crippen molar-refractivity contribution in [2.45, 2.75) is 34.2 Å². The fourth-order valence-corrected chi connectivity index (χ4v) is 2.32. The number of nitrogens with one attached hydrogen (secondary N) is 1. The number of thiophene rings is 1. The van der Waals surface area contributed by atoms with Gasteiger partial charge in [0.05, 0.1) is 12.0 Å². The molecule has 2 nitrogen and oxygen atoms in total. The number of carbonyl (C=O) groups is 1. The molecule has 0 spiro atoms. The fourth-order valence-electron chi connectivity index (χ4n) is 1.20. The van der Waals surface area contributed by atoms with Crippen molar-refractivity contribution < 1.29 is 4.79 Å². The van der Waals surface area contributed by atoms with Gasteiger partial charge in [0.25, 0.3) is 0 Å². The molecule has 0 aromatic carbocycles. The number of hydrogen-bond donors (Lipinski definition) is 1. The summed E-state index contributed by atoms with van der Waals surface area (Å²) in [5.74, 6) is 0.340. The molecular weight excluding hydrogens is 242 g/mol. The second-order valence-electron chi connectivity index (χ2n) is 4.65. The van der Waals surface area contributed by atoms with Gasteiger partial charge in [0, 0.05) is 15.6 Å². The van der Waals surface area contributed by atoms with Crippen LogP contribution in [0.5, 0.6) is 0 Å². The molecule has 0 radical (unpaired) electrons. The highest BCUT2D eigenvalue weighted by Gasteiger charge is 2.26. The largest absolute Gasteiger partial charge is 0.351 e. The molecule has 1 heterocycles. The van der Waals surface area contributed by atoms with E-state index in [0.717, 1.165) is 0 Å². The van der Waals surface area contributed by atoms with E-state index in [1.54, 1.807) is 11.3 Å². The molecule has 16 heavy (non-hydrogen) atoms. The number of carbonyl (C=O) groups excluding carboxylic acids is 1. The van der Waals surface area contributed by atoms with Crippen molar-refractivity contribution in [2.75, 3.05) is 5.88 Å². The number of amides is 1. The van der Waals surface area contributed by atoms with Gasteiger partial charge in [-0.05, 0) is 39.3 Å². The summed E-state index contributed by atoms with van der Waals surface area (Å²) in [5, 5.41) is 2.92. The Morgan fingerprint density at radius 2 is 2.12 bits per heavy atom. The van der Waals surface area contributed by atoms with Gasteiger partial charge < -0.3 is 5.32 Å². The van der Waals surface area contributed by atoms with Crippen molar-refractivity contribution in [1.29, 1.82) is 0 Å². The van der Waals surface area contributed by atoms with Crippen molar-refractivity contribution >= 4 is 28.8 Å². The first-order valence-electron chi connectivity index (χ1n) is 5.27. The third-order valence-corrected chi connectivity index (χ3v) is 4.41. The summed E-state index contributed by atoms with van der Waals surface area (Å²) in [6.45, 7) is 8.47. The number of aryl methyl sites for hydroxylation is 2. The van der Waals surface area contributed by atoms with Gasteiger partial charge in [-0.2, -0.15) is 0 Å². The lowest BCUT2D eigenvalue weighted by Crippen LogP contribution is -2.37. The molecule has 1 aromatic rings. The van der Waals surface area contributed by atoms with Crippen LogP contribution in [0, 0.1) is 19.3 Å². The van der Waals surface area contributed by atoms with Gasteiger partial charge in [0.15, 0.2) is 0 Å². The minimum Gasteiger partial charge on any atom is -0.351 e. The van der Waals surface area contributed by atoms with Crippen LogP contribution in [0.4, 0.5) is 0 Å². The molecule has 90 valence electrons. The molecule has 0 unspecified atom stereocenters. The van der Waals surface area contributed by atoms with Crippen LogP contribution in [0.15, 0.2) is 6.07 Å². The standard InChI is InChI=1S/C12H18ClNOS/c1-8-5-10(16-9(8)2)6-14-11(15)12(3,4)7-13/h5H,6-7H2,1-4H3,(H,14,15). The molecule has 1 rings (SSSR count). The Hall–Kier alpha value is -0.540. The summed E-state index contributed by atoms with van der Waals surface area (Å²) in [7, 11) is 0. The molecule has 4 heteroatoms. The number of alkyl halides is 1. The molecule has 1 amide bonds. The van der Waals surface area contributed by atoms with Crippen molar-refractivity contribution in [3.05, 3.63) is 21.4 Å². The third kappa shape index (κ3) is 3.22. The van der Waals surface area contributed by atoms with E-state index in [2.05, 4.69) is 25.2 Å². The van der Waals surface area contributed by atoms with E-state index >= 15 is 0 Å². The van der Waals surface area contributed by atoms with E-state index in [9.17, 15) is 4.79 Å². The zero-order chi connectivity index (χ0) is 12.3. The molecule has 0 fully saturated rings. The Labute approximate surface area is 106 Å². The first-order chi connectivity index (χ1) is 7.36. The van der Waals surface area contributed by atoms with Gasteiger partial charge in [0.1, 0.15) is 0 Å². The number of rotatable bonds is 4. The third-order valence-electron chi connectivity index (χ3n) is 2.59. The maximum Gasteiger partial charge on any atom is 0.227 e. The normalized spacial score (nSPS) is 11.6. The van der Waals surface area contributed by atoms with Crippen molar-refractivity contribution in [2.24, 2.45) is 5.41 Å². The highest BCUT2D eigenvalue weighted by Crippen LogP contribution is 2.21. The molecular formula is C12H18ClNOS. The first kappa shape index (κ1) is 13.5. The first-order valence-corrected chi connectivity index (χ1v) is 6.62. The van der Waals surface area contributed by atoms with E-state index < -0.39 is 5.41 Å². The maximum absolute atomic E-state index is 11.8. The van der Waals surface area contributed by atoms with Crippen LogP contribution >= 0.6 is 22.9 Å². The van der Waals surface area contributed by atoms with E-state index in [4.69, 9.17) is 11.6 Å². The minimum atomic E-state index is -0.497.